The number of aryl methyl sites for hydroxylation is 2. The summed E-state index contributed by atoms with van der Waals surface area (Å²) in [6, 6.07) is 3.92. The first-order valence-electron chi connectivity index (χ1n) is 5.58. The Morgan fingerprint density at radius 3 is 2.56 bits per heavy atom. The number of amides is 1. The van der Waals surface area contributed by atoms with Crippen LogP contribution in [0.2, 0.25) is 0 Å². The van der Waals surface area contributed by atoms with E-state index in [2.05, 4.69) is 5.32 Å². The second kappa shape index (κ2) is 4.16. The minimum absolute atomic E-state index is 0.146. The van der Waals surface area contributed by atoms with Crippen molar-refractivity contribution in [2.45, 2.75) is 26.7 Å². The van der Waals surface area contributed by atoms with Crippen molar-refractivity contribution in [3.8, 4) is 5.75 Å². The Hall–Kier alpha value is -1.51. The first-order chi connectivity index (χ1) is 7.61. The molecule has 0 bridgehead atoms. The van der Waals surface area contributed by atoms with Crippen LogP contribution in [0.3, 0.4) is 0 Å². The van der Waals surface area contributed by atoms with Crippen LogP contribution in [-0.2, 0) is 4.79 Å². The molecule has 0 spiro atoms. The molecular weight excluding hydrogens is 202 g/mol. The maximum Gasteiger partial charge on any atom is 0.227 e. The molecule has 0 saturated heterocycles. The predicted molar refractivity (Wildman–Crippen MR) is 63.8 cm³/mol. The molecule has 3 heteroatoms. The van der Waals surface area contributed by atoms with Crippen molar-refractivity contribution >= 4 is 11.6 Å². The van der Waals surface area contributed by atoms with Gasteiger partial charge >= 0.3 is 0 Å². The fraction of sp³-hybridized carbons (Fsp3) is 0.462. The molecule has 1 saturated carbocycles. The van der Waals surface area contributed by atoms with Gasteiger partial charge in [0, 0.05) is 11.6 Å². The van der Waals surface area contributed by atoms with E-state index in [0.717, 1.165) is 35.4 Å². The smallest absolute Gasteiger partial charge is 0.227 e. The van der Waals surface area contributed by atoms with Crippen molar-refractivity contribution in [2.75, 3.05) is 12.4 Å². The van der Waals surface area contributed by atoms with Crippen LogP contribution in [0.5, 0.6) is 5.75 Å². The van der Waals surface area contributed by atoms with Gasteiger partial charge in [-0.2, -0.15) is 0 Å². The number of rotatable bonds is 3. The second-order valence-electron chi connectivity index (χ2n) is 4.40. The number of methoxy groups -OCH3 is 1. The van der Waals surface area contributed by atoms with Gasteiger partial charge in [0.2, 0.25) is 5.91 Å². The largest absolute Gasteiger partial charge is 0.496 e. The minimum atomic E-state index is 0.146. The summed E-state index contributed by atoms with van der Waals surface area (Å²) in [5.74, 6) is 1.25. The van der Waals surface area contributed by atoms with Crippen molar-refractivity contribution in [1.29, 1.82) is 0 Å². The van der Waals surface area contributed by atoms with E-state index < -0.39 is 0 Å². The quantitative estimate of drug-likeness (QED) is 0.848. The van der Waals surface area contributed by atoms with E-state index >= 15 is 0 Å². The fourth-order valence-corrected chi connectivity index (χ4v) is 1.72. The monoisotopic (exact) mass is 219 g/mol. The summed E-state index contributed by atoms with van der Waals surface area (Å²) >= 11 is 0. The zero-order chi connectivity index (χ0) is 11.7. The van der Waals surface area contributed by atoms with Gasteiger partial charge in [0.15, 0.2) is 0 Å². The molecule has 0 unspecified atom stereocenters. The number of carbonyl (C=O) groups is 1. The SMILES string of the molecule is COc1cc(C)c(NC(=O)C2CC2)cc1C. The highest BCUT2D eigenvalue weighted by Crippen LogP contribution is 2.32. The molecule has 1 aromatic carbocycles. The maximum absolute atomic E-state index is 11.7. The van der Waals surface area contributed by atoms with Gasteiger partial charge in [-0.25, -0.2) is 0 Å². The van der Waals surface area contributed by atoms with Crippen LogP contribution in [0.4, 0.5) is 5.69 Å². The van der Waals surface area contributed by atoms with Gasteiger partial charge in [0.1, 0.15) is 5.75 Å². The fourth-order valence-electron chi connectivity index (χ4n) is 1.72. The van der Waals surface area contributed by atoms with E-state index in [9.17, 15) is 4.79 Å². The molecule has 86 valence electrons. The van der Waals surface area contributed by atoms with Gasteiger partial charge in [-0.05, 0) is 49.9 Å². The molecule has 1 fully saturated rings. The number of nitrogens with one attached hydrogen (secondary N) is 1. The zero-order valence-electron chi connectivity index (χ0n) is 9.96. The van der Waals surface area contributed by atoms with E-state index in [1.165, 1.54) is 0 Å². The van der Waals surface area contributed by atoms with Crippen LogP contribution in [0.25, 0.3) is 0 Å². The molecule has 1 N–H and O–H groups in total. The van der Waals surface area contributed by atoms with Crippen LogP contribution < -0.4 is 10.1 Å². The van der Waals surface area contributed by atoms with Gasteiger partial charge < -0.3 is 10.1 Å². The molecule has 0 aromatic heterocycles. The van der Waals surface area contributed by atoms with E-state index in [0.29, 0.717) is 0 Å². The highest BCUT2D eigenvalue weighted by molar-refractivity contribution is 5.94. The molecule has 1 aliphatic rings. The molecule has 1 amide bonds. The van der Waals surface area contributed by atoms with Crippen molar-refractivity contribution < 1.29 is 9.53 Å². The predicted octanol–water partition coefficient (Wildman–Crippen LogP) is 2.66. The summed E-state index contributed by atoms with van der Waals surface area (Å²) in [5.41, 5.74) is 2.98. The Morgan fingerprint density at radius 1 is 1.31 bits per heavy atom. The number of benzene rings is 1. The van der Waals surface area contributed by atoms with E-state index in [-0.39, 0.29) is 11.8 Å². The summed E-state index contributed by atoms with van der Waals surface area (Å²) in [6.45, 7) is 3.95. The Morgan fingerprint density at radius 2 is 2.00 bits per heavy atom. The minimum Gasteiger partial charge on any atom is -0.496 e. The summed E-state index contributed by atoms with van der Waals surface area (Å²) in [4.78, 5) is 11.7. The molecule has 3 nitrogen and oxygen atoms in total. The summed E-state index contributed by atoms with van der Waals surface area (Å²) in [7, 11) is 1.66. The summed E-state index contributed by atoms with van der Waals surface area (Å²) in [6.07, 6.45) is 2.06. The van der Waals surface area contributed by atoms with Crippen molar-refractivity contribution in [1.82, 2.24) is 0 Å². The summed E-state index contributed by atoms with van der Waals surface area (Å²) < 4.78 is 5.23. The first kappa shape index (κ1) is 11.0. The van der Waals surface area contributed by atoms with Crippen LogP contribution >= 0.6 is 0 Å². The third-order valence-corrected chi connectivity index (χ3v) is 2.95. The van der Waals surface area contributed by atoms with Gasteiger partial charge in [-0.1, -0.05) is 0 Å². The average molecular weight is 219 g/mol. The molecule has 1 aliphatic carbocycles. The number of anilines is 1. The van der Waals surface area contributed by atoms with Crippen LogP contribution in [0, 0.1) is 19.8 Å². The van der Waals surface area contributed by atoms with Crippen LogP contribution in [0.15, 0.2) is 12.1 Å². The Kier molecular flexibility index (Phi) is 2.86. The van der Waals surface area contributed by atoms with Gasteiger partial charge in [-0.15, -0.1) is 0 Å². The van der Waals surface area contributed by atoms with Crippen molar-refractivity contribution in [2.24, 2.45) is 5.92 Å². The number of carbonyl (C=O) groups excluding carboxylic acids is 1. The lowest BCUT2D eigenvalue weighted by Crippen LogP contribution is -2.14. The molecule has 0 heterocycles. The Bertz CT molecular complexity index is 422. The molecule has 0 aliphatic heterocycles. The van der Waals surface area contributed by atoms with Gasteiger partial charge in [0.05, 0.1) is 7.11 Å². The zero-order valence-corrected chi connectivity index (χ0v) is 9.96. The molecular formula is C13H17NO2. The topological polar surface area (TPSA) is 38.3 Å². The lowest BCUT2D eigenvalue weighted by atomic mass is 10.1. The third kappa shape index (κ3) is 2.18. The summed E-state index contributed by atoms with van der Waals surface area (Å²) in [5, 5.41) is 2.97. The van der Waals surface area contributed by atoms with E-state index in [4.69, 9.17) is 4.74 Å². The highest BCUT2D eigenvalue weighted by atomic mass is 16.5. The Labute approximate surface area is 95.8 Å². The molecule has 16 heavy (non-hydrogen) atoms. The lowest BCUT2D eigenvalue weighted by Gasteiger charge is -2.12. The molecule has 0 atom stereocenters. The van der Waals surface area contributed by atoms with Crippen LogP contribution in [0.1, 0.15) is 24.0 Å². The number of ether oxygens (including phenoxy) is 1. The number of hydrogen-bond acceptors (Lipinski definition) is 2. The first-order valence-corrected chi connectivity index (χ1v) is 5.58. The lowest BCUT2D eigenvalue weighted by molar-refractivity contribution is -0.117. The van der Waals surface area contributed by atoms with Crippen molar-refractivity contribution in [3.63, 3.8) is 0 Å². The molecule has 1 aromatic rings. The van der Waals surface area contributed by atoms with E-state index in [1.807, 2.05) is 26.0 Å². The standard InChI is InChI=1S/C13H17NO2/c1-8-7-12(16-3)9(2)6-11(8)14-13(15)10-4-5-10/h6-7,10H,4-5H2,1-3H3,(H,14,15). The third-order valence-electron chi connectivity index (χ3n) is 2.95. The van der Waals surface area contributed by atoms with Gasteiger partial charge in [-0.3, -0.25) is 4.79 Å². The molecule has 2 rings (SSSR count). The van der Waals surface area contributed by atoms with E-state index in [1.54, 1.807) is 7.11 Å². The van der Waals surface area contributed by atoms with Crippen molar-refractivity contribution in [3.05, 3.63) is 23.3 Å². The second-order valence-corrected chi connectivity index (χ2v) is 4.40. The van der Waals surface area contributed by atoms with Gasteiger partial charge in [0.25, 0.3) is 0 Å². The maximum atomic E-state index is 11.7. The molecule has 0 radical (unpaired) electrons. The number of hydrogen-bond donors (Lipinski definition) is 1. The average Bonchev–Trinajstić information content (AvgIpc) is 3.06. The Balaban J connectivity index is 2.20. The highest BCUT2D eigenvalue weighted by Gasteiger charge is 2.29. The normalized spacial score (nSPS) is 14.7. The van der Waals surface area contributed by atoms with Crippen LogP contribution in [-0.4, -0.2) is 13.0 Å².